The lowest BCUT2D eigenvalue weighted by Gasteiger charge is -2.30. The minimum Gasteiger partial charge on any atom is -0.381 e. The maximum atomic E-state index is 9.54. The summed E-state index contributed by atoms with van der Waals surface area (Å²) in [5.41, 5.74) is 1.59. The van der Waals surface area contributed by atoms with Crippen molar-refractivity contribution in [3.05, 3.63) is 16.4 Å². The second-order valence-corrected chi connectivity index (χ2v) is 5.44. The molecule has 0 unspecified atom stereocenters. The first-order valence-corrected chi connectivity index (χ1v) is 7.26. The summed E-state index contributed by atoms with van der Waals surface area (Å²) < 4.78 is 7.31. The standard InChI is InChI=1S/C14H20ClN3O/c1-3-11-13(15)12(18(4-2)17-11)9-14(10-16)5-7-19-8-6-14/h3-9H2,1-2H3. The van der Waals surface area contributed by atoms with Crippen molar-refractivity contribution >= 4 is 11.6 Å². The van der Waals surface area contributed by atoms with E-state index >= 15 is 0 Å². The first-order chi connectivity index (χ1) is 9.15. The van der Waals surface area contributed by atoms with Crippen LogP contribution in [0.2, 0.25) is 5.02 Å². The van der Waals surface area contributed by atoms with Gasteiger partial charge in [-0.2, -0.15) is 10.4 Å². The summed E-state index contributed by atoms with van der Waals surface area (Å²) in [4.78, 5) is 0. The van der Waals surface area contributed by atoms with Crippen LogP contribution in [0.3, 0.4) is 0 Å². The van der Waals surface area contributed by atoms with Gasteiger partial charge in [0.15, 0.2) is 0 Å². The van der Waals surface area contributed by atoms with Gasteiger partial charge in [-0.15, -0.1) is 0 Å². The molecule has 19 heavy (non-hydrogen) atoms. The fourth-order valence-corrected chi connectivity index (χ4v) is 2.93. The van der Waals surface area contributed by atoms with Crippen molar-refractivity contribution in [2.75, 3.05) is 13.2 Å². The lowest BCUT2D eigenvalue weighted by molar-refractivity contribution is 0.0398. The van der Waals surface area contributed by atoms with Gasteiger partial charge in [-0.05, 0) is 26.2 Å². The van der Waals surface area contributed by atoms with E-state index in [-0.39, 0.29) is 5.41 Å². The number of hydrogen-bond acceptors (Lipinski definition) is 3. The number of aryl methyl sites for hydroxylation is 2. The fraction of sp³-hybridized carbons (Fsp3) is 0.714. The van der Waals surface area contributed by atoms with Crippen molar-refractivity contribution in [1.82, 2.24) is 9.78 Å². The van der Waals surface area contributed by atoms with Gasteiger partial charge in [0.2, 0.25) is 0 Å². The highest BCUT2D eigenvalue weighted by atomic mass is 35.5. The molecule has 2 rings (SSSR count). The van der Waals surface area contributed by atoms with Crippen LogP contribution in [0, 0.1) is 16.7 Å². The van der Waals surface area contributed by atoms with Gasteiger partial charge < -0.3 is 4.74 Å². The lowest BCUT2D eigenvalue weighted by atomic mass is 9.78. The molecule has 1 aromatic heterocycles. The molecule has 1 aliphatic heterocycles. The van der Waals surface area contributed by atoms with Crippen molar-refractivity contribution in [3.8, 4) is 6.07 Å². The quantitative estimate of drug-likeness (QED) is 0.852. The Labute approximate surface area is 119 Å². The van der Waals surface area contributed by atoms with Crippen molar-refractivity contribution < 1.29 is 4.74 Å². The van der Waals surface area contributed by atoms with Crippen LogP contribution in [0.1, 0.15) is 38.1 Å². The number of halogens is 1. The fourth-order valence-electron chi connectivity index (χ4n) is 2.60. The summed E-state index contributed by atoms with van der Waals surface area (Å²) in [6, 6.07) is 2.49. The molecule has 2 heterocycles. The Morgan fingerprint density at radius 1 is 1.42 bits per heavy atom. The molecule has 1 aliphatic rings. The Balaban J connectivity index is 2.31. The zero-order valence-electron chi connectivity index (χ0n) is 11.6. The van der Waals surface area contributed by atoms with Gasteiger partial charge in [0.25, 0.3) is 0 Å². The van der Waals surface area contributed by atoms with Crippen molar-refractivity contribution in [1.29, 1.82) is 5.26 Å². The SMILES string of the molecule is CCc1nn(CC)c(CC2(C#N)CCOCC2)c1Cl. The van der Waals surface area contributed by atoms with E-state index in [0.717, 1.165) is 42.2 Å². The molecule has 0 aromatic carbocycles. The van der Waals surface area contributed by atoms with E-state index in [1.807, 2.05) is 11.6 Å². The molecule has 0 radical (unpaired) electrons. The number of ether oxygens (including phenoxy) is 1. The molecule has 0 atom stereocenters. The Bertz CT molecular complexity index is 484. The van der Waals surface area contributed by atoms with E-state index in [1.54, 1.807) is 0 Å². The monoisotopic (exact) mass is 281 g/mol. The van der Waals surface area contributed by atoms with Crippen molar-refractivity contribution in [2.24, 2.45) is 5.41 Å². The third kappa shape index (κ3) is 2.77. The third-order valence-corrected chi connectivity index (χ3v) is 4.32. The van der Waals surface area contributed by atoms with E-state index < -0.39 is 0 Å². The smallest absolute Gasteiger partial charge is 0.0850 e. The second kappa shape index (κ2) is 5.94. The Hall–Kier alpha value is -1.05. The molecule has 5 heteroatoms. The number of rotatable bonds is 4. The topological polar surface area (TPSA) is 50.8 Å². The average Bonchev–Trinajstić information content (AvgIpc) is 2.76. The Morgan fingerprint density at radius 2 is 2.11 bits per heavy atom. The molecular weight excluding hydrogens is 262 g/mol. The van der Waals surface area contributed by atoms with E-state index in [4.69, 9.17) is 16.3 Å². The van der Waals surface area contributed by atoms with Crippen LogP contribution in [-0.4, -0.2) is 23.0 Å². The zero-order chi connectivity index (χ0) is 13.9. The number of aromatic nitrogens is 2. The minimum absolute atomic E-state index is 0.347. The molecule has 4 nitrogen and oxygen atoms in total. The van der Waals surface area contributed by atoms with Crippen molar-refractivity contribution in [2.45, 2.75) is 46.1 Å². The summed E-state index contributed by atoms with van der Waals surface area (Å²) in [6.45, 7) is 6.20. The second-order valence-electron chi connectivity index (χ2n) is 5.06. The Kier molecular flexibility index (Phi) is 4.49. The van der Waals surface area contributed by atoms with Crippen LogP contribution in [-0.2, 0) is 24.1 Å². The highest BCUT2D eigenvalue weighted by Crippen LogP contribution is 2.36. The highest BCUT2D eigenvalue weighted by molar-refractivity contribution is 6.31. The maximum Gasteiger partial charge on any atom is 0.0850 e. The summed E-state index contributed by atoms with van der Waals surface area (Å²) in [5, 5.41) is 14.8. The lowest BCUT2D eigenvalue weighted by Crippen LogP contribution is -2.31. The van der Waals surface area contributed by atoms with Gasteiger partial charge in [-0.3, -0.25) is 4.68 Å². The molecular formula is C14H20ClN3O. The first kappa shape index (κ1) is 14.4. The molecule has 1 saturated heterocycles. The van der Waals surface area contributed by atoms with Gasteiger partial charge in [-0.25, -0.2) is 0 Å². The molecule has 0 amide bonds. The van der Waals surface area contributed by atoms with Gasteiger partial charge in [0.05, 0.1) is 27.9 Å². The molecule has 0 spiro atoms. The summed E-state index contributed by atoms with van der Waals surface area (Å²) in [7, 11) is 0. The molecule has 0 saturated carbocycles. The van der Waals surface area contributed by atoms with E-state index in [1.165, 1.54) is 0 Å². The molecule has 0 bridgehead atoms. The van der Waals surface area contributed by atoms with Gasteiger partial charge in [0, 0.05) is 26.2 Å². The number of nitriles is 1. The molecule has 104 valence electrons. The minimum atomic E-state index is -0.347. The molecule has 0 aliphatic carbocycles. The van der Waals surface area contributed by atoms with Crippen LogP contribution in [0.4, 0.5) is 0 Å². The predicted molar refractivity (Wildman–Crippen MR) is 74.1 cm³/mol. The van der Waals surface area contributed by atoms with Gasteiger partial charge in [-0.1, -0.05) is 18.5 Å². The summed E-state index contributed by atoms with van der Waals surface area (Å²) in [5.74, 6) is 0. The zero-order valence-corrected chi connectivity index (χ0v) is 12.3. The van der Waals surface area contributed by atoms with Crippen LogP contribution in [0.5, 0.6) is 0 Å². The van der Waals surface area contributed by atoms with E-state index in [0.29, 0.717) is 19.6 Å². The van der Waals surface area contributed by atoms with Crippen LogP contribution >= 0.6 is 11.6 Å². The van der Waals surface area contributed by atoms with E-state index in [2.05, 4.69) is 18.1 Å². The highest BCUT2D eigenvalue weighted by Gasteiger charge is 2.35. The number of nitrogens with zero attached hydrogens (tertiary/aromatic N) is 3. The number of hydrogen-bond donors (Lipinski definition) is 0. The van der Waals surface area contributed by atoms with Crippen LogP contribution in [0.15, 0.2) is 0 Å². The average molecular weight is 282 g/mol. The molecule has 1 aromatic rings. The van der Waals surface area contributed by atoms with E-state index in [9.17, 15) is 5.26 Å². The van der Waals surface area contributed by atoms with Crippen LogP contribution in [0.25, 0.3) is 0 Å². The predicted octanol–water partition coefficient (Wildman–Crippen LogP) is 2.98. The normalized spacial score (nSPS) is 18.2. The Morgan fingerprint density at radius 3 is 2.63 bits per heavy atom. The summed E-state index contributed by atoms with van der Waals surface area (Å²) >= 11 is 6.42. The van der Waals surface area contributed by atoms with Gasteiger partial charge >= 0.3 is 0 Å². The molecule has 0 N–H and O–H groups in total. The van der Waals surface area contributed by atoms with Gasteiger partial charge in [0.1, 0.15) is 0 Å². The first-order valence-electron chi connectivity index (χ1n) is 6.89. The summed E-state index contributed by atoms with van der Waals surface area (Å²) in [6.07, 6.45) is 3.04. The third-order valence-electron chi connectivity index (χ3n) is 3.89. The maximum absolute atomic E-state index is 9.54. The largest absolute Gasteiger partial charge is 0.381 e. The van der Waals surface area contributed by atoms with Crippen molar-refractivity contribution in [3.63, 3.8) is 0 Å². The van der Waals surface area contributed by atoms with Crippen LogP contribution < -0.4 is 0 Å². The molecule has 1 fully saturated rings.